The number of hydrogen-bond donors (Lipinski definition) is 0. The second kappa shape index (κ2) is 5.35. The molecule has 1 nitrogen and oxygen atoms in total. The van der Waals surface area contributed by atoms with Gasteiger partial charge in [-0.1, -0.05) is 6.07 Å². The van der Waals surface area contributed by atoms with E-state index < -0.39 is 0 Å². The van der Waals surface area contributed by atoms with E-state index in [0.29, 0.717) is 0 Å². The van der Waals surface area contributed by atoms with Crippen LogP contribution in [0, 0.1) is 13.8 Å². The van der Waals surface area contributed by atoms with Crippen molar-refractivity contribution in [3.63, 3.8) is 0 Å². The van der Waals surface area contributed by atoms with E-state index in [4.69, 9.17) is 0 Å². The maximum Gasteiger partial charge on any atom is 0.150 e. The molecule has 100 valence electrons. The lowest BCUT2D eigenvalue weighted by Gasteiger charge is -2.06. The summed E-state index contributed by atoms with van der Waals surface area (Å²) in [5.41, 5.74) is 4.09. The molecule has 0 amide bonds. The average Bonchev–Trinajstić information content (AvgIpc) is 3.09. The van der Waals surface area contributed by atoms with Crippen molar-refractivity contribution in [1.29, 1.82) is 0 Å². The van der Waals surface area contributed by atoms with Gasteiger partial charge in [0.2, 0.25) is 0 Å². The number of carbonyl (C=O) groups excluding carboxylic acids is 1. The van der Waals surface area contributed by atoms with Crippen LogP contribution < -0.4 is 0 Å². The Bertz CT molecular complexity index is 728. The van der Waals surface area contributed by atoms with Gasteiger partial charge in [-0.05, 0) is 66.2 Å². The predicted molar refractivity (Wildman–Crippen MR) is 87.9 cm³/mol. The third-order valence-electron chi connectivity index (χ3n) is 3.37. The Balaban J connectivity index is 2.04. The maximum atomic E-state index is 11.1. The summed E-state index contributed by atoms with van der Waals surface area (Å²) in [5, 5.41) is 2.10. The van der Waals surface area contributed by atoms with Gasteiger partial charge >= 0.3 is 0 Å². The van der Waals surface area contributed by atoms with Crippen molar-refractivity contribution >= 4 is 29.0 Å². The molecular weight excluding hydrogens is 284 g/mol. The summed E-state index contributed by atoms with van der Waals surface area (Å²) in [6.07, 6.45) is 0.944. The minimum Gasteiger partial charge on any atom is -0.298 e. The van der Waals surface area contributed by atoms with Crippen LogP contribution in [0.1, 0.15) is 21.5 Å². The molecule has 0 N–H and O–H groups in total. The minimum absolute atomic E-state index is 0.809. The molecule has 2 heterocycles. The van der Waals surface area contributed by atoms with Gasteiger partial charge in [-0.2, -0.15) is 0 Å². The highest BCUT2D eigenvalue weighted by molar-refractivity contribution is 7.23. The van der Waals surface area contributed by atoms with Crippen LogP contribution in [-0.4, -0.2) is 6.29 Å². The Morgan fingerprint density at radius 1 is 0.950 bits per heavy atom. The zero-order valence-electron chi connectivity index (χ0n) is 11.3. The number of aldehydes is 1. The molecule has 0 saturated heterocycles. The van der Waals surface area contributed by atoms with Gasteiger partial charge in [0.15, 0.2) is 6.29 Å². The monoisotopic (exact) mass is 298 g/mol. The molecule has 0 spiro atoms. The van der Waals surface area contributed by atoms with Crippen LogP contribution >= 0.6 is 22.7 Å². The first kappa shape index (κ1) is 13.3. The summed E-state index contributed by atoms with van der Waals surface area (Å²) in [7, 11) is 0. The van der Waals surface area contributed by atoms with Crippen molar-refractivity contribution < 1.29 is 4.79 Å². The number of carbonyl (C=O) groups is 1. The van der Waals surface area contributed by atoms with Crippen LogP contribution in [0.4, 0.5) is 0 Å². The standard InChI is InChI=1S/C17H14OS2/c1-11-8-13(9-12(2)14(11)10-18)15-5-6-17(20-15)16-4-3-7-19-16/h3-10H,1-2H3. The van der Waals surface area contributed by atoms with Crippen LogP contribution in [0.5, 0.6) is 0 Å². The maximum absolute atomic E-state index is 11.1. The molecule has 20 heavy (non-hydrogen) atoms. The third-order valence-corrected chi connectivity index (χ3v) is 5.57. The summed E-state index contributed by atoms with van der Waals surface area (Å²) >= 11 is 3.56. The largest absolute Gasteiger partial charge is 0.298 e. The number of benzene rings is 1. The smallest absolute Gasteiger partial charge is 0.150 e. The first-order valence-electron chi connectivity index (χ1n) is 6.39. The van der Waals surface area contributed by atoms with E-state index in [1.165, 1.54) is 20.2 Å². The van der Waals surface area contributed by atoms with Crippen molar-refractivity contribution in [3.05, 3.63) is 58.5 Å². The predicted octanol–water partition coefficient (Wildman–Crippen LogP) is 5.57. The SMILES string of the molecule is Cc1cc(-c2ccc(-c3cccs3)s2)cc(C)c1C=O. The molecule has 3 rings (SSSR count). The average molecular weight is 298 g/mol. The lowest BCUT2D eigenvalue weighted by molar-refractivity contribution is 0.112. The summed E-state index contributed by atoms with van der Waals surface area (Å²) < 4.78 is 0. The Kier molecular flexibility index (Phi) is 3.55. The van der Waals surface area contributed by atoms with Crippen LogP contribution in [-0.2, 0) is 0 Å². The van der Waals surface area contributed by atoms with Crippen LogP contribution in [0.2, 0.25) is 0 Å². The van der Waals surface area contributed by atoms with Crippen LogP contribution in [0.3, 0.4) is 0 Å². The Hall–Kier alpha value is -1.71. The molecule has 0 aliphatic rings. The molecule has 0 saturated carbocycles. The fraction of sp³-hybridized carbons (Fsp3) is 0.118. The topological polar surface area (TPSA) is 17.1 Å². The number of rotatable bonds is 3. The molecule has 0 aliphatic carbocycles. The molecule has 0 unspecified atom stereocenters. The molecule has 3 aromatic rings. The normalized spacial score (nSPS) is 10.7. The molecule has 2 aromatic heterocycles. The zero-order valence-corrected chi connectivity index (χ0v) is 13.0. The molecule has 0 fully saturated rings. The highest BCUT2D eigenvalue weighted by Gasteiger charge is 2.09. The number of aryl methyl sites for hydroxylation is 2. The minimum atomic E-state index is 0.809. The van der Waals surface area contributed by atoms with E-state index in [9.17, 15) is 4.79 Å². The van der Waals surface area contributed by atoms with Gasteiger partial charge in [0.1, 0.15) is 0 Å². The Labute approximate surface area is 126 Å². The molecule has 0 atom stereocenters. The summed E-state index contributed by atoms with van der Waals surface area (Å²) in [6, 6.07) is 12.7. The summed E-state index contributed by atoms with van der Waals surface area (Å²) in [4.78, 5) is 14.9. The highest BCUT2D eigenvalue weighted by atomic mass is 32.1. The summed E-state index contributed by atoms with van der Waals surface area (Å²) in [5.74, 6) is 0. The fourth-order valence-electron chi connectivity index (χ4n) is 2.35. The first-order valence-corrected chi connectivity index (χ1v) is 8.09. The van der Waals surface area contributed by atoms with Crippen molar-refractivity contribution in [2.75, 3.05) is 0 Å². The van der Waals surface area contributed by atoms with E-state index in [1.54, 1.807) is 22.7 Å². The van der Waals surface area contributed by atoms with E-state index in [0.717, 1.165) is 23.0 Å². The van der Waals surface area contributed by atoms with E-state index in [-0.39, 0.29) is 0 Å². The van der Waals surface area contributed by atoms with Gasteiger partial charge in [-0.3, -0.25) is 4.79 Å². The quantitative estimate of drug-likeness (QED) is 0.577. The van der Waals surface area contributed by atoms with Gasteiger partial charge in [-0.15, -0.1) is 22.7 Å². The van der Waals surface area contributed by atoms with Crippen molar-refractivity contribution in [1.82, 2.24) is 0 Å². The third kappa shape index (κ3) is 2.35. The van der Waals surface area contributed by atoms with Crippen molar-refractivity contribution in [2.45, 2.75) is 13.8 Å². The van der Waals surface area contributed by atoms with Crippen molar-refractivity contribution in [3.8, 4) is 20.2 Å². The van der Waals surface area contributed by atoms with Crippen LogP contribution in [0.15, 0.2) is 41.8 Å². The first-order chi connectivity index (χ1) is 9.69. The van der Waals surface area contributed by atoms with E-state index >= 15 is 0 Å². The fourth-order valence-corrected chi connectivity index (χ4v) is 4.17. The van der Waals surface area contributed by atoms with Gasteiger partial charge < -0.3 is 0 Å². The molecule has 1 aromatic carbocycles. The van der Waals surface area contributed by atoms with Gasteiger partial charge in [-0.25, -0.2) is 0 Å². The van der Waals surface area contributed by atoms with E-state index in [1.807, 2.05) is 13.8 Å². The van der Waals surface area contributed by atoms with Gasteiger partial charge in [0, 0.05) is 20.2 Å². The molecular formula is C17H14OS2. The highest BCUT2D eigenvalue weighted by Crippen LogP contribution is 2.37. The van der Waals surface area contributed by atoms with Crippen molar-refractivity contribution in [2.24, 2.45) is 0 Å². The Morgan fingerprint density at radius 2 is 1.65 bits per heavy atom. The summed E-state index contributed by atoms with van der Waals surface area (Å²) in [6.45, 7) is 3.99. The molecule has 0 radical (unpaired) electrons. The van der Waals surface area contributed by atoms with E-state index in [2.05, 4.69) is 41.8 Å². The molecule has 0 aliphatic heterocycles. The second-order valence-electron chi connectivity index (χ2n) is 4.78. The number of thiophene rings is 2. The zero-order chi connectivity index (χ0) is 14.1. The molecule has 3 heteroatoms. The lowest BCUT2D eigenvalue weighted by atomic mass is 9.99. The van der Waals surface area contributed by atoms with Gasteiger partial charge in [0.05, 0.1) is 0 Å². The van der Waals surface area contributed by atoms with Gasteiger partial charge in [0.25, 0.3) is 0 Å². The second-order valence-corrected chi connectivity index (χ2v) is 6.81. The van der Waals surface area contributed by atoms with Crippen LogP contribution in [0.25, 0.3) is 20.2 Å². The lowest BCUT2D eigenvalue weighted by Crippen LogP contribution is -1.92. The Morgan fingerprint density at radius 3 is 2.25 bits per heavy atom. The molecule has 0 bridgehead atoms. The number of hydrogen-bond acceptors (Lipinski definition) is 3.